The molecule has 0 radical (unpaired) electrons. The van der Waals surface area contributed by atoms with E-state index in [2.05, 4.69) is 32.2 Å². The van der Waals surface area contributed by atoms with E-state index in [0.717, 1.165) is 24.1 Å². The third-order valence-corrected chi connectivity index (χ3v) is 5.75. The Balaban J connectivity index is 1.96. The molecule has 0 aromatic heterocycles. The fourth-order valence-corrected chi connectivity index (χ4v) is 3.91. The molecule has 0 fully saturated rings. The van der Waals surface area contributed by atoms with Crippen LogP contribution in [-0.2, 0) is 0 Å². The Morgan fingerprint density at radius 1 is 0.960 bits per heavy atom. The topological polar surface area (TPSA) is 32.6 Å². The Hall–Kier alpha value is -0.670. The summed E-state index contributed by atoms with van der Waals surface area (Å²) in [5.74, 6) is 0. The highest BCUT2D eigenvalue weighted by Crippen LogP contribution is 2.24. The van der Waals surface area contributed by atoms with Gasteiger partial charge in [0.1, 0.15) is 13.1 Å². The molecule has 1 N–H and O–H groups in total. The smallest absolute Gasteiger partial charge is 0.182 e. The average Bonchev–Trinajstić information content (AvgIpc) is 3.02. The first-order valence-corrected chi connectivity index (χ1v) is 10.9. The molecule has 0 aromatic rings. The van der Waals surface area contributed by atoms with Crippen molar-refractivity contribution in [1.29, 1.82) is 0 Å². The third kappa shape index (κ3) is 9.01. The number of likely N-dealkylation sites (N-methyl/N-ethyl adjacent to an activating group) is 1. The number of nitrogens with zero attached hydrogens (tertiary/aromatic N) is 2. The maximum Gasteiger partial charge on any atom is 0.182 e. The zero-order chi connectivity index (χ0) is 18.2. The molecule has 0 aromatic carbocycles. The second kappa shape index (κ2) is 14.5. The number of hydrogen-bond acceptors (Lipinski definition) is 2. The number of hydrogen-bond donors (Lipinski definition) is 1. The van der Waals surface area contributed by atoms with Crippen LogP contribution in [0.4, 0.5) is 0 Å². The van der Waals surface area contributed by atoms with Crippen molar-refractivity contribution in [1.82, 2.24) is 0 Å². The van der Waals surface area contributed by atoms with E-state index in [9.17, 15) is 5.11 Å². The number of unbranched alkanes of at least 4 members (excludes halogenated alkanes) is 9. The predicted octanol–water partition coefficient (Wildman–Crippen LogP) is 5.48. The van der Waals surface area contributed by atoms with Gasteiger partial charge < -0.3 is 5.11 Å². The van der Waals surface area contributed by atoms with Gasteiger partial charge in [0.25, 0.3) is 0 Å². The van der Waals surface area contributed by atoms with Gasteiger partial charge in [-0.05, 0) is 32.6 Å². The summed E-state index contributed by atoms with van der Waals surface area (Å²) in [6, 6.07) is 0. The third-order valence-electron chi connectivity index (χ3n) is 5.75. The first-order chi connectivity index (χ1) is 12.3. The van der Waals surface area contributed by atoms with Gasteiger partial charge in [-0.3, -0.25) is 4.48 Å². The van der Waals surface area contributed by atoms with Crippen LogP contribution in [0.1, 0.15) is 90.9 Å². The van der Waals surface area contributed by atoms with Crippen LogP contribution in [-0.4, -0.2) is 48.2 Å². The largest absolute Gasteiger partial charge is 0.391 e. The number of aliphatic hydroxyl groups excluding tert-OH is 1. The lowest BCUT2D eigenvalue weighted by atomic mass is 10.1. The van der Waals surface area contributed by atoms with Crippen LogP contribution in [0.25, 0.3) is 0 Å². The Labute approximate surface area is 156 Å². The molecular weight excluding hydrogens is 308 g/mol. The van der Waals surface area contributed by atoms with Crippen LogP contribution in [0.15, 0.2) is 17.1 Å². The molecule has 2 atom stereocenters. The van der Waals surface area contributed by atoms with Crippen molar-refractivity contribution in [3.05, 3.63) is 12.2 Å². The Bertz CT molecular complexity index is 367. The summed E-state index contributed by atoms with van der Waals surface area (Å²) < 4.78 is 0.974. The molecule has 0 saturated heterocycles. The molecule has 146 valence electrons. The first-order valence-electron chi connectivity index (χ1n) is 10.9. The molecule has 1 aliphatic rings. The van der Waals surface area contributed by atoms with E-state index in [-0.39, 0.29) is 6.61 Å². The number of rotatable bonds is 16. The molecule has 1 rings (SSSR count). The molecular formula is C22H43N2O+. The first kappa shape index (κ1) is 22.4. The van der Waals surface area contributed by atoms with Crippen molar-refractivity contribution in [2.75, 3.05) is 26.2 Å². The zero-order valence-corrected chi connectivity index (χ0v) is 17.0. The van der Waals surface area contributed by atoms with Gasteiger partial charge in [-0.25, -0.2) is 4.99 Å². The average molecular weight is 352 g/mol. The fraction of sp³-hybridized carbons (Fsp3) is 0.864. The maximum atomic E-state index is 9.35. The highest BCUT2D eigenvalue weighted by atomic mass is 16.3. The molecule has 0 bridgehead atoms. The highest BCUT2D eigenvalue weighted by molar-refractivity contribution is 5.60. The Morgan fingerprint density at radius 3 is 2.24 bits per heavy atom. The Kier molecular flexibility index (Phi) is 13.0. The number of quaternary nitrogens is 1. The van der Waals surface area contributed by atoms with Crippen molar-refractivity contribution in [2.45, 2.75) is 97.1 Å². The molecule has 1 aliphatic heterocycles. The van der Waals surface area contributed by atoms with Crippen molar-refractivity contribution >= 4 is 6.21 Å². The van der Waals surface area contributed by atoms with Crippen molar-refractivity contribution in [2.24, 2.45) is 4.99 Å². The summed E-state index contributed by atoms with van der Waals surface area (Å²) in [6.07, 6.45) is 23.1. The van der Waals surface area contributed by atoms with Crippen molar-refractivity contribution in [3.63, 3.8) is 0 Å². The monoisotopic (exact) mass is 351 g/mol. The molecule has 0 aliphatic carbocycles. The summed E-state index contributed by atoms with van der Waals surface area (Å²) in [7, 11) is 0. The summed E-state index contributed by atoms with van der Waals surface area (Å²) in [4.78, 5) is 4.70. The Morgan fingerprint density at radius 2 is 1.60 bits per heavy atom. The summed E-state index contributed by atoms with van der Waals surface area (Å²) >= 11 is 0. The van der Waals surface area contributed by atoms with Gasteiger partial charge in [0.2, 0.25) is 0 Å². The lowest BCUT2D eigenvalue weighted by molar-refractivity contribution is -0.936. The minimum absolute atomic E-state index is 0.279. The van der Waals surface area contributed by atoms with E-state index < -0.39 is 0 Å². The normalized spacial score (nSPS) is 23.1. The van der Waals surface area contributed by atoms with Gasteiger partial charge in [-0.1, -0.05) is 64.0 Å². The zero-order valence-electron chi connectivity index (χ0n) is 17.0. The fourth-order valence-electron chi connectivity index (χ4n) is 3.91. The summed E-state index contributed by atoms with van der Waals surface area (Å²) in [5, 5.41) is 9.35. The minimum atomic E-state index is 0.279. The van der Waals surface area contributed by atoms with E-state index >= 15 is 0 Å². The van der Waals surface area contributed by atoms with E-state index in [1.807, 2.05) is 0 Å². The molecule has 2 unspecified atom stereocenters. The molecule has 3 nitrogen and oxygen atoms in total. The second-order valence-electron chi connectivity index (χ2n) is 7.64. The van der Waals surface area contributed by atoms with Crippen LogP contribution in [0.5, 0.6) is 0 Å². The molecule has 0 spiro atoms. The van der Waals surface area contributed by atoms with Gasteiger partial charge in [-0.2, -0.15) is 0 Å². The van der Waals surface area contributed by atoms with Gasteiger partial charge in [0.15, 0.2) is 6.17 Å². The standard InChI is InChI=1S/C22H43N2O/c1-3-5-6-7-8-9-10-11-12-13-14-15-16-17-22-23-18-19-24(22,4-2)20-21-25/h7-8,18,22,25H,3-6,9-17,19-21H2,1-2H3/q+1/b8-7+. The molecule has 0 amide bonds. The molecule has 1 heterocycles. The number of aliphatic imine (C=N–C) groups is 1. The summed E-state index contributed by atoms with van der Waals surface area (Å²) in [5.41, 5.74) is 0. The van der Waals surface area contributed by atoms with Gasteiger partial charge >= 0.3 is 0 Å². The van der Waals surface area contributed by atoms with Crippen LogP contribution < -0.4 is 0 Å². The van der Waals surface area contributed by atoms with E-state index in [4.69, 9.17) is 4.99 Å². The van der Waals surface area contributed by atoms with E-state index in [0.29, 0.717) is 6.17 Å². The predicted molar refractivity (Wildman–Crippen MR) is 110 cm³/mol. The quantitative estimate of drug-likeness (QED) is 0.223. The van der Waals surface area contributed by atoms with E-state index in [1.165, 1.54) is 77.0 Å². The second-order valence-corrected chi connectivity index (χ2v) is 7.64. The van der Waals surface area contributed by atoms with Crippen LogP contribution in [0.2, 0.25) is 0 Å². The van der Waals surface area contributed by atoms with Crippen molar-refractivity contribution in [3.8, 4) is 0 Å². The van der Waals surface area contributed by atoms with E-state index in [1.54, 1.807) is 0 Å². The van der Waals surface area contributed by atoms with Crippen molar-refractivity contribution < 1.29 is 9.59 Å². The van der Waals surface area contributed by atoms with Gasteiger partial charge in [-0.15, -0.1) is 0 Å². The lowest BCUT2D eigenvalue weighted by Gasteiger charge is -2.37. The van der Waals surface area contributed by atoms with Crippen LogP contribution in [0.3, 0.4) is 0 Å². The van der Waals surface area contributed by atoms with Crippen LogP contribution >= 0.6 is 0 Å². The molecule has 0 saturated carbocycles. The number of aliphatic hydroxyl groups is 1. The van der Waals surface area contributed by atoms with Gasteiger partial charge in [0.05, 0.1) is 19.4 Å². The minimum Gasteiger partial charge on any atom is -0.391 e. The molecule has 3 heteroatoms. The van der Waals surface area contributed by atoms with Gasteiger partial charge in [0, 0.05) is 6.42 Å². The molecule has 25 heavy (non-hydrogen) atoms. The maximum absolute atomic E-state index is 9.35. The lowest BCUT2D eigenvalue weighted by Crippen LogP contribution is -2.53. The highest BCUT2D eigenvalue weighted by Gasteiger charge is 2.36. The summed E-state index contributed by atoms with van der Waals surface area (Å²) in [6.45, 7) is 7.71. The SMILES string of the molecule is CCCC/C=C/CCCCCCCCCC1N=CC[N+]1(CC)CCO. The number of allylic oxidation sites excluding steroid dienone is 2. The van der Waals surface area contributed by atoms with Crippen LogP contribution in [0, 0.1) is 0 Å².